The number of pyridine rings is 1. The second kappa shape index (κ2) is 5.69. The highest BCUT2D eigenvalue weighted by Crippen LogP contribution is 2.51. The van der Waals surface area contributed by atoms with Gasteiger partial charge in [0, 0.05) is 11.6 Å². The Hall–Kier alpha value is -2.23. The lowest BCUT2D eigenvalue weighted by Crippen LogP contribution is -2.12. The van der Waals surface area contributed by atoms with E-state index in [1.807, 2.05) is 6.07 Å². The molecule has 2 aromatic rings. The van der Waals surface area contributed by atoms with Gasteiger partial charge in [0.05, 0.1) is 11.4 Å². The predicted octanol–water partition coefficient (Wildman–Crippen LogP) is 4.53. The van der Waals surface area contributed by atoms with Crippen molar-refractivity contribution in [1.29, 1.82) is 0 Å². The number of hydrogen-bond acceptors (Lipinski definition) is 2. The Bertz CT molecular complexity index is 845. The van der Waals surface area contributed by atoms with Crippen LogP contribution >= 0.6 is 0 Å². The fraction of sp³-hybridized carbons (Fsp3) is 0.400. The number of rotatable bonds is 3. The summed E-state index contributed by atoms with van der Waals surface area (Å²) in [4.78, 5) is 15.5. The average Bonchev–Trinajstić information content (AvgIpc) is 3.12. The van der Waals surface area contributed by atoms with Gasteiger partial charge in [-0.3, -0.25) is 9.78 Å². The monoisotopic (exact) mass is 325 g/mol. The maximum Gasteiger partial charge on any atom is 0.310 e. The largest absolute Gasteiger partial charge is 0.481 e. The molecule has 0 bridgehead atoms. The highest BCUT2D eigenvalue weighted by molar-refractivity contribution is 5.82. The first-order valence-electron chi connectivity index (χ1n) is 8.50. The molecule has 1 fully saturated rings. The first-order valence-corrected chi connectivity index (χ1v) is 8.50. The van der Waals surface area contributed by atoms with Crippen molar-refractivity contribution in [3.63, 3.8) is 0 Å². The molecule has 0 saturated heterocycles. The first kappa shape index (κ1) is 15.3. The number of carboxylic acid groups (broad SMARTS) is 1. The zero-order chi connectivity index (χ0) is 16.8. The summed E-state index contributed by atoms with van der Waals surface area (Å²) in [5.41, 5.74) is 3.08. The number of aromatic nitrogens is 1. The van der Waals surface area contributed by atoms with Gasteiger partial charge in [0.2, 0.25) is 0 Å². The van der Waals surface area contributed by atoms with E-state index >= 15 is 0 Å². The standard InChI is InChI=1S/C20H20FNO2/c1-11(20(23)24)12-6-13-8-15(9-14(13)7-12)17-4-5-22-19-3-2-16(21)10-18(17)19/h2-6,10-11,13-15H,7-9H2,1H3,(H,23,24)/t11?,13-,14+,15+/m0/s1. The predicted molar refractivity (Wildman–Crippen MR) is 90.2 cm³/mol. The van der Waals surface area contributed by atoms with Crippen LogP contribution in [0.15, 0.2) is 42.1 Å². The van der Waals surface area contributed by atoms with Crippen LogP contribution in [0.2, 0.25) is 0 Å². The van der Waals surface area contributed by atoms with Gasteiger partial charge in [0.25, 0.3) is 0 Å². The van der Waals surface area contributed by atoms with E-state index in [-0.39, 0.29) is 11.7 Å². The fourth-order valence-electron chi connectivity index (χ4n) is 4.47. The van der Waals surface area contributed by atoms with Gasteiger partial charge in [-0.15, -0.1) is 0 Å². The summed E-state index contributed by atoms with van der Waals surface area (Å²) in [6, 6.07) is 6.78. The molecule has 0 amide bonds. The normalized spacial score (nSPS) is 27.1. The topological polar surface area (TPSA) is 50.2 Å². The van der Waals surface area contributed by atoms with Crippen molar-refractivity contribution >= 4 is 16.9 Å². The molecule has 0 spiro atoms. The number of carbonyl (C=O) groups is 1. The summed E-state index contributed by atoms with van der Waals surface area (Å²) in [6.45, 7) is 1.77. The molecule has 1 aromatic heterocycles. The number of nitrogens with zero attached hydrogens (tertiary/aromatic N) is 1. The van der Waals surface area contributed by atoms with Crippen LogP contribution in [0, 0.1) is 23.6 Å². The van der Waals surface area contributed by atoms with Crippen molar-refractivity contribution in [1.82, 2.24) is 4.98 Å². The second-order valence-electron chi connectivity index (χ2n) is 7.16. The van der Waals surface area contributed by atoms with Crippen molar-refractivity contribution < 1.29 is 14.3 Å². The van der Waals surface area contributed by atoms with E-state index in [0.717, 1.165) is 35.7 Å². The summed E-state index contributed by atoms with van der Waals surface area (Å²) in [6.07, 6.45) is 6.92. The molecule has 124 valence electrons. The van der Waals surface area contributed by atoms with E-state index in [2.05, 4.69) is 11.1 Å². The first-order chi connectivity index (χ1) is 11.5. The molecule has 4 heteroatoms. The number of halogens is 1. The molecule has 2 aliphatic rings. The van der Waals surface area contributed by atoms with Crippen LogP contribution in [0.4, 0.5) is 4.39 Å². The Labute approximate surface area is 140 Å². The Kier molecular flexibility index (Phi) is 3.63. The van der Waals surface area contributed by atoms with Gasteiger partial charge in [0.1, 0.15) is 5.82 Å². The van der Waals surface area contributed by atoms with Crippen LogP contribution < -0.4 is 0 Å². The molecule has 0 aliphatic heterocycles. The number of fused-ring (bicyclic) bond motifs is 2. The van der Waals surface area contributed by atoms with Gasteiger partial charge in [-0.1, -0.05) is 11.6 Å². The molecule has 1 saturated carbocycles. The highest BCUT2D eigenvalue weighted by Gasteiger charge is 2.40. The summed E-state index contributed by atoms with van der Waals surface area (Å²) in [7, 11) is 0. The van der Waals surface area contributed by atoms with E-state index in [1.54, 1.807) is 25.3 Å². The lowest BCUT2D eigenvalue weighted by atomic mass is 9.90. The van der Waals surface area contributed by atoms with Crippen molar-refractivity contribution in [2.45, 2.75) is 32.1 Å². The van der Waals surface area contributed by atoms with Crippen molar-refractivity contribution in [2.24, 2.45) is 17.8 Å². The SMILES string of the molecule is CC(C(=O)O)C1=C[C@H]2C[C@@H](c3ccnc4ccc(F)cc34)C[C@H]2C1. The van der Waals surface area contributed by atoms with Crippen LogP contribution in [0.25, 0.3) is 10.9 Å². The fourth-order valence-corrected chi connectivity index (χ4v) is 4.47. The van der Waals surface area contributed by atoms with Crippen molar-refractivity contribution in [3.8, 4) is 0 Å². The average molecular weight is 325 g/mol. The Morgan fingerprint density at radius 2 is 2.17 bits per heavy atom. The summed E-state index contributed by atoms with van der Waals surface area (Å²) in [5.74, 6) is 0.00284. The summed E-state index contributed by atoms with van der Waals surface area (Å²) >= 11 is 0. The van der Waals surface area contributed by atoms with Crippen LogP contribution in [0.3, 0.4) is 0 Å². The Morgan fingerprint density at radius 1 is 1.33 bits per heavy atom. The van der Waals surface area contributed by atoms with Gasteiger partial charge in [-0.05, 0) is 73.8 Å². The third-order valence-electron chi connectivity index (χ3n) is 5.78. The second-order valence-corrected chi connectivity index (χ2v) is 7.16. The van der Waals surface area contributed by atoms with Gasteiger partial charge in [0.15, 0.2) is 0 Å². The van der Waals surface area contributed by atoms with Gasteiger partial charge >= 0.3 is 5.97 Å². The molecule has 3 nitrogen and oxygen atoms in total. The molecule has 1 N–H and O–H groups in total. The van der Waals surface area contributed by atoms with E-state index in [0.29, 0.717) is 17.8 Å². The van der Waals surface area contributed by atoms with Gasteiger partial charge in [-0.25, -0.2) is 4.39 Å². The van der Waals surface area contributed by atoms with Crippen molar-refractivity contribution in [3.05, 3.63) is 53.5 Å². The van der Waals surface area contributed by atoms with Gasteiger partial charge in [-0.2, -0.15) is 0 Å². The molecule has 2 aliphatic carbocycles. The maximum atomic E-state index is 13.7. The van der Waals surface area contributed by atoms with E-state index < -0.39 is 5.97 Å². The highest BCUT2D eigenvalue weighted by atomic mass is 19.1. The lowest BCUT2D eigenvalue weighted by molar-refractivity contribution is -0.139. The van der Waals surface area contributed by atoms with Gasteiger partial charge < -0.3 is 5.11 Å². The van der Waals surface area contributed by atoms with Crippen LogP contribution in [-0.2, 0) is 4.79 Å². The molecule has 1 unspecified atom stereocenters. The minimum Gasteiger partial charge on any atom is -0.481 e. The van der Waals surface area contributed by atoms with Crippen molar-refractivity contribution in [2.75, 3.05) is 0 Å². The molecule has 1 heterocycles. The number of carboxylic acids is 1. The number of hydrogen-bond donors (Lipinski definition) is 1. The molecule has 24 heavy (non-hydrogen) atoms. The lowest BCUT2D eigenvalue weighted by Gasteiger charge is -2.15. The number of aliphatic carboxylic acids is 1. The van der Waals surface area contributed by atoms with Crippen LogP contribution in [0.5, 0.6) is 0 Å². The van der Waals surface area contributed by atoms with Crippen LogP contribution in [-0.4, -0.2) is 16.1 Å². The van der Waals surface area contributed by atoms with E-state index in [9.17, 15) is 14.3 Å². The minimum absolute atomic E-state index is 0.229. The maximum absolute atomic E-state index is 13.7. The summed E-state index contributed by atoms with van der Waals surface area (Å²) < 4.78 is 13.7. The van der Waals surface area contributed by atoms with Crippen LogP contribution in [0.1, 0.15) is 37.7 Å². The number of benzene rings is 1. The molecule has 4 atom stereocenters. The molecule has 1 aromatic carbocycles. The Balaban J connectivity index is 1.61. The zero-order valence-electron chi connectivity index (χ0n) is 13.6. The molecular formula is C20H20FNO2. The number of allylic oxidation sites excluding steroid dienone is 1. The quantitative estimate of drug-likeness (QED) is 0.843. The molecule has 0 radical (unpaired) electrons. The molecular weight excluding hydrogens is 305 g/mol. The van der Waals surface area contributed by atoms with E-state index in [4.69, 9.17) is 0 Å². The third kappa shape index (κ3) is 2.50. The Morgan fingerprint density at radius 3 is 2.92 bits per heavy atom. The summed E-state index contributed by atoms with van der Waals surface area (Å²) in [5, 5.41) is 10.1. The smallest absolute Gasteiger partial charge is 0.310 e. The zero-order valence-corrected chi connectivity index (χ0v) is 13.6. The minimum atomic E-state index is -0.742. The third-order valence-corrected chi connectivity index (χ3v) is 5.78. The van der Waals surface area contributed by atoms with E-state index in [1.165, 1.54) is 11.6 Å². The molecule has 4 rings (SSSR count).